The molecule has 0 spiro atoms. The minimum Gasteiger partial charge on any atom is -0.334 e. The summed E-state index contributed by atoms with van der Waals surface area (Å²) in [5.41, 5.74) is 2.73. The molecule has 176 valence electrons. The lowest BCUT2D eigenvalue weighted by Gasteiger charge is -2.32. The molecule has 1 atom stereocenters. The molecule has 2 amide bonds. The van der Waals surface area contributed by atoms with Gasteiger partial charge in [-0.3, -0.25) is 10.1 Å². The van der Waals surface area contributed by atoms with E-state index in [0.717, 1.165) is 38.0 Å². The smallest absolute Gasteiger partial charge is 0.319 e. The number of non-ortho nitro benzene ring substituents is 1. The van der Waals surface area contributed by atoms with E-state index < -0.39 is 4.92 Å². The van der Waals surface area contributed by atoms with Gasteiger partial charge < -0.3 is 15.5 Å². The number of urea groups is 1. The summed E-state index contributed by atoms with van der Waals surface area (Å²) in [6, 6.07) is 15.4. The molecule has 2 heterocycles. The number of amides is 2. The van der Waals surface area contributed by atoms with E-state index in [0.29, 0.717) is 28.5 Å². The monoisotopic (exact) mass is 460 g/mol. The Labute approximate surface area is 198 Å². The SMILES string of the molecule is CCN1CCCC(NC(=O)Nc2c(C)nc(-c3ccccc3)nc2-c2cccc([N+](=O)[O-])c2)C1. The molecule has 2 N–H and O–H groups in total. The molecule has 34 heavy (non-hydrogen) atoms. The zero-order valence-corrected chi connectivity index (χ0v) is 19.3. The maximum Gasteiger partial charge on any atom is 0.319 e. The molecule has 0 radical (unpaired) electrons. The van der Waals surface area contributed by atoms with Crippen molar-refractivity contribution in [1.82, 2.24) is 20.2 Å². The number of nitro groups is 1. The quantitative estimate of drug-likeness (QED) is 0.409. The first kappa shape index (κ1) is 23.3. The Morgan fingerprint density at radius 2 is 1.91 bits per heavy atom. The molecule has 2 aromatic carbocycles. The highest BCUT2D eigenvalue weighted by Crippen LogP contribution is 2.32. The van der Waals surface area contributed by atoms with Gasteiger partial charge in [0.05, 0.1) is 22.0 Å². The van der Waals surface area contributed by atoms with Crippen LogP contribution in [0.2, 0.25) is 0 Å². The van der Waals surface area contributed by atoms with Crippen molar-refractivity contribution in [2.75, 3.05) is 25.0 Å². The van der Waals surface area contributed by atoms with Gasteiger partial charge in [0.15, 0.2) is 5.82 Å². The topological polar surface area (TPSA) is 113 Å². The predicted molar refractivity (Wildman–Crippen MR) is 132 cm³/mol. The number of aromatic nitrogens is 2. The fourth-order valence-electron chi connectivity index (χ4n) is 4.21. The van der Waals surface area contributed by atoms with Gasteiger partial charge in [-0.2, -0.15) is 0 Å². The minimum absolute atomic E-state index is 0.0488. The summed E-state index contributed by atoms with van der Waals surface area (Å²) in [5, 5.41) is 17.3. The van der Waals surface area contributed by atoms with Gasteiger partial charge in [-0.15, -0.1) is 0 Å². The number of carbonyl (C=O) groups excluding carboxylic acids is 1. The highest BCUT2D eigenvalue weighted by molar-refractivity contribution is 5.95. The van der Waals surface area contributed by atoms with Crippen LogP contribution in [0.5, 0.6) is 0 Å². The Bertz CT molecular complexity index is 1180. The summed E-state index contributed by atoms with van der Waals surface area (Å²) in [4.78, 5) is 35.5. The van der Waals surface area contributed by atoms with E-state index in [1.807, 2.05) is 30.3 Å². The number of piperidine rings is 1. The van der Waals surface area contributed by atoms with Crippen molar-refractivity contribution in [1.29, 1.82) is 0 Å². The molecule has 1 aromatic heterocycles. The largest absolute Gasteiger partial charge is 0.334 e. The fourth-order valence-corrected chi connectivity index (χ4v) is 4.21. The number of nitrogens with zero attached hydrogens (tertiary/aromatic N) is 4. The second-order valence-corrected chi connectivity index (χ2v) is 8.36. The van der Waals surface area contributed by atoms with Crippen molar-refractivity contribution in [2.45, 2.75) is 32.7 Å². The molecule has 3 aromatic rings. The number of likely N-dealkylation sites (tertiary alicyclic amines) is 1. The first-order chi connectivity index (χ1) is 16.4. The lowest BCUT2D eigenvalue weighted by molar-refractivity contribution is -0.384. The lowest BCUT2D eigenvalue weighted by atomic mass is 10.1. The van der Waals surface area contributed by atoms with Crippen molar-refractivity contribution in [3.8, 4) is 22.6 Å². The molecular weight excluding hydrogens is 432 g/mol. The van der Waals surface area contributed by atoms with E-state index in [4.69, 9.17) is 4.98 Å². The van der Waals surface area contributed by atoms with Crippen LogP contribution in [0.15, 0.2) is 54.6 Å². The van der Waals surface area contributed by atoms with Crippen molar-refractivity contribution in [3.63, 3.8) is 0 Å². The number of nitro benzene ring substituents is 1. The normalized spacial score (nSPS) is 16.1. The van der Waals surface area contributed by atoms with Gasteiger partial charge in [0.2, 0.25) is 0 Å². The molecule has 4 rings (SSSR count). The number of aryl methyl sites for hydroxylation is 1. The van der Waals surface area contributed by atoms with E-state index in [1.54, 1.807) is 19.1 Å². The van der Waals surface area contributed by atoms with Crippen LogP contribution in [0, 0.1) is 17.0 Å². The minimum atomic E-state index is -0.446. The van der Waals surface area contributed by atoms with E-state index in [9.17, 15) is 14.9 Å². The molecule has 0 aliphatic carbocycles. The number of rotatable bonds is 6. The Kier molecular flexibility index (Phi) is 7.12. The first-order valence-corrected chi connectivity index (χ1v) is 11.4. The molecule has 1 aliphatic rings. The number of nitrogens with one attached hydrogen (secondary N) is 2. The third kappa shape index (κ3) is 5.37. The molecule has 1 fully saturated rings. The lowest BCUT2D eigenvalue weighted by Crippen LogP contribution is -2.48. The van der Waals surface area contributed by atoms with Gasteiger partial charge in [-0.1, -0.05) is 49.4 Å². The third-order valence-electron chi connectivity index (χ3n) is 5.98. The van der Waals surface area contributed by atoms with Gasteiger partial charge in [-0.25, -0.2) is 14.8 Å². The molecule has 1 unspecified atom stereocenters. The molecule has 0 saturated carbocycles. The van der Waals surface area contributed by atoms with E-state index >= 15 is 0 Å². The van der Waals surface area contributed by atoms with Crippen LogP contribution in [0.3, 0.4) is 0 Å². The standard InChI is InChI=1S/C25H28N6O3/c1-3-30-14-8-12-20(16-30)27-25(32)29-22-17(2)26-24(18-9-5-4-6-10-18)28-23(22)19-11-7-13-21(15-19)31(33)34/h4-7,9-11,13,15,20H,3,8,12,14,16H2,1-2H3,(H2,27,29,32). The van der Waals surface area contributed by atoms with Gasteiger partial charge in [0.25, 0.3) is 5.69 Å². The Morgan fingerprint density at radius 1 is 1.15 bits per heavy atom. The highest BCUT2D eigenvalue weighted by Gasteiger charge is 2.23. The molecule has 9 heteroatoms. The van der Waals surface area contributed by atoms with Gasteiger partial charge in [0, 0.05) is 35.8 Å². The van der Waals surface area contributed by atoms with Crippen LogP contribution < -0.4 is 10.6 Å². The van der Waals surface area contributed by atoms with E-state index in [-0.39, 0.29) is 17.8 Å². The zero-order valence-electron chi connectivity index (χ0n) is 19.3. The fraction of sp³-hybridized carbons (Fsp3) is 0.320. The summed E-state index contributed by atoms with van der Waals surface area (Å²) in [7, 11) is 0. The number of hydrogen-bond acceptors (Lipinski definition) is 6. The van der Waals surface area contributed by atoms with Gasteiger partial charge in [0.1, 0.15) is 0 Å². The number of likely N-dealkylation sites (N-methyl/N-ethyl adjacent to an activating group) is 1. The van der Waals surface area contributed by atoms with Crippen LogP contribution in [0.1, 0.15) is 25.5 Å². The first-order valence-electron chi connectivity index (χ1n) is 11.4. The van der Waals surface area contributed by atoms with Gasteiger partial charge >= 0.3 is 6.03 Å². The summed E-state index contributed by atoms with van der Waals surface area (Å²) in [6.07, 6.45) is 1.95. The molecule has 1 aliphatic heterocycles. The Morgan fingerprint density at radius 3 is 2.65 bits per heavy atom. The van der Waals surface area contributed by atoms with Crippen molar-refractivity contribution < 1.29 is 9.72 Å². The van der Waals surface area contributed by atoms with Crippen LogP contribution in [0.25, 0.3) is 22.6 Å². The summed E-state index contributed by atoms with van der Waals surface area (Å²) in [6.45, 7) is 6.71. The zero-order chi connectivity index (χ0) is 24.1. The second kappa shape index (κ2) is 10.4. The summed E-state index contributed by atoms with van der Waals surface area (Å²) >= 11 is 0. The average Bonchev–Trinajstić information content (AvgIpc) is 2.85. The van der Waals surface area contributed by atoms with Crippen molar-refractivity contribution >= 4 is 17.4 Å². The summed E-state index contributed by atoms with van der Waals surface area (Å²) < 4.78 is 0. The maximum atomic E-state index is 12.9. The predicted octanol–water partition coefficient (Wildman–Crippen LogP) is 4.63. The highest BCUT2D eigenvalue weighted by atomic mass is 16.6. The van der Waals surface area contributed by atoms with Crippen molar-refractivity contribution in [3.05, 3.63) is 70.4 Å². The van der Waals surface area contributed by atoms with Crippen LogP contribution in [-0.4, -0.2) is 51.5 Å². The Hall–Kier alpha value is -3.85. The number of benzene rings is 2. The Balaban J connectivity index is 1.69. The van der Waals surface area contributed by atoms with Crippen LogP contribution >= 0.6 is 0 Å². The number of anilines is 1. The van der Waals surface area contributed by atoms with E-state index in [1.165, 1.54) is 12.1 Å². The summed E-state index contributed by atoms with van der Waals surface area (Å²) in [5.74, 6) is 0.483. The van der Waals surface area contributed by atoms with E-state index in [2.05, 4.69) is 27.4 Å². The molecule has 1 saturated heterocycles. The average molecular weight is 461 g/mol. The molecule has 0 bridgehead atoms. The number of carbonyl (C=O) groups is 1. The third-order valence-corrected chi connectivity index (χ3v) is 5.98. The van der Waals surface area contributed by atoms with Crippen molar-refractivity contribution in [2.24, 2.45) is 0 Å². The number of hydrogen-bond donors (Lipinski definition) is 2. The second-order valence-electron chi connectivity index (χ2n) is 8.36. The van der Waals surface area contributed by atoms with Crippen LogP contribution in [-0.2, 0) is 0 Å². The maximum absolute atomic E-state index is 12.9. The molecule has 9 nitrogen and oxygen atoms in total. The van der Waals surface area contributed by atoms with Gasteiger partial charge in [-0.05, 0) is 32.9 Å². The van der Waals surface area contributed by atoms with Crippen LogP contribution in [0.4, 0.5) is 16.2 Å². The molecular formula is C25H28N6O3.